The highest BCUT2D eigenvalue weighted by molar-refractivity contribution is 5.96. The minimum Gasteiger partial charge on any atom is -0.493 e. The maximum Gasteiger partial charge on any atom is 0.387 e. The molecule has 0 fully saturated rings. The maximum absolute atomic E-state index is 12.3. The molecular weight excluding hydrogens is 366 g/mol. The zero-order chi connectivity index (χ0) is 20.6. The number of esters is 1. The van der Waals surface area contributed by atoms with E-state index < -0.39 is 43.1 Å². The monoisotopic (exact) mass is 388 g/mol. The lowest BCUT2D eigenvalue weighted by Gasteiger charge is -2.20. The third-order valence-corrected chi connectivity index (χ3v) is 2.91. The van der Waals surface area contributed by atoms with Crippen LogP contribution in [0, 0.1) is 0 Å². The Balaban J connectivity index is 2.54. The molecule has 0 unspecified atom stereocenters. The summed E-state index contributed by atoms with van der Waals surface area (Å²) in [6.07, 6.45) is 0. The van der Waals surface area contributed by atoms with E-state index >= 15 is 0 Å². The lowest BCUT2D eigenvalue weighted by atomic mass is 10.1. The Kier molecular flexibility index (Phi) is 7.95. The molecule has 0 aliphatic rings. The lowest BCUT2D eigenvalue weighted by molar-refractivity contribution is -0.147. The van der Waals surface area contributed by atoms with E-state index in [0.717, 1.165) is 6.07 Å². The van der Waals surface area contributed by atoms with E-state index in [1.54, 1.807) is 20.8 Å². The van der Waals surface area contributed by atoms with Crippen molar-refractivity contribution in [2.75, 3.05) is 20.3 Å². The van der Waals surface area contributed by atoms with Gasteiger partial charge in [-0.1, -0.05) is 0 Å². The Labute approximate surface area is 155 Å². The van der Waals surface area contributed by atoms with Crippen LogP contribution in [0.25, 0.3) is 0 Å². The highest BCUT2D eigenvalue weighted by Gasteiger charge is 2.17. The summed E-state index contributed by atoms with van der Waals surface area (Å²) in [5.41, 5.74) is -0.400. The average molecular weight is 388 g/mol. The first kappa shape index (κ1) is 22.1. The van der Waals surface area contributed by atoms with Crippen molar-refractivity contribution >= 4 is 17.8 Å². The third kappa shape index (κ3) is 8.34. The second-order valence-electron chi connectivity index (χ2n) is 6.39. The molecule has 0 radical (unpaired) electrons. The van der Waals surface area contributed by atoms with Crippen molar-refractivity contribution in [1.29, 1.82) is 0 Å². The van der Waals surface area contributed by atoms with E-state index in [2.05, 4.69) is 15.4 Å². The van der Waals surface area contributed by atoms with Gasteiger partial charge in [0.1, 0.15) is 6.54 Å². The van der Waals surface area contributed by atoms with Crippen LogP contribution >= 0.6 is 0 Å². The Morgan fingerprint density at radius 3 is 2.37 bits per heavy atom. The topological polar surface area (TPSA) is 103 Å². The highest BCUT2D eigenvalue weighted by atomic mass is 19.3. The van der Waals surface area contributed by atoms with Gasteiger partial charge >= 0.3 is 12.6 Å². The summed E-state index contributed by atoms with van der Waals surface area (Å²) in [4.78, 5) is 35.2. The number of rotatable bonds is 8. The number of ether oxygens (including phenoxy) is 3. The predicted molar refractivity (Wildman–Crippen MR) is 90.8 cm³/mol. The van der Waals surface area contributed by atoms with Crippen LogP contribution in [-0.2, 0) is 14.3 Å². The van der Waals surface area contributed by atoms with Gasteiger partial charge in [0.05, 0.1) is 7.11 Å². The van der Waals surface area contributed by atoms with Crippen molar-refractivity contribution < 1.29 is 37.4 Å². The SMILES string of the molecule is COc1cc(C(=O)NCC(=O)OCC(=O)NC(C)(C)C)ccc1OC(F)F. The van der Waals surface area contributed by atoms with Crippen molar-refractivity contribution in [2.24, 2.45) is 0 Å². The molecule has 0 spiro atoms. The quantitative estimate of drug-likeness (QED) is 0.654. The Bertz CT molecular complexity index is 688. The number of hydrogen-bond acceptors (Lipinski definition) is 6. The summed E-state index contributed by atoms with van der Waals surface area (Å²) < 4.78 is 38.5. The van der Waals surface area contributed by atoms with Gasteiger partial charge in [0.15, 0.2) is 18.1 Å². The summed E-state index contributed by atoms with van der Waals surface area (Å²) in [6, 6.07) is 3.57. The van der Waals surface area contributed by atoms with Crippen LogP contribution in [0.15, 0.2) is 18.2 Å². The molecule has 2 N–H and O–H groups in total. The standard InChI is InChI=1S/C17H22F2N2O6/c1-17(2,3)21-13(22)9-26-14(23)8-20-15(24)10-5-6-11(27-16(18)19)12(7-10)25-4/h5-7,16H,8-9H2,1-4H3,(H,20,24)(H,21,22). The molecule has 10 heteroatoms. The fraction of sp³-hybridized carbons (Fsp3) is 0.471. The minimum atomic E-state index is -3.04. The van der Waals surface area contributed by atoms with Crippen molar-refractivity contribution in [1.82, 2.24) is 10.6 Å². The zero-order valence-electron chi connectivity index (χ0n) is 15.4. The number of carbonyl (C=O) groups excluding carboxylic acids is 3. The van der Waals surface area contributed by atoms with Crippen LogP contribution in [-0.4, -0.2) is 50.2 Å². The van der Waals surface area contributed by atoms with Gasteiger partial charge in [0.25, 0.3) is 11.8 Å². The van der Waals surface area contributed by atoms with Crippen LogP contribution in [0.3, 0.4) is 0 Å². The molecule has 1 aromatic rings. The molecule has 2 amide bonds. The van der Waals surface area contributed by atoms with Crippen LogP contribution in [0.4, 0.5) is 8.78 Å². The average Bonchev–Trinajstić information content (AvgIpc) is 2.56. The van der Waals surface area contributed by atoms with Gasteiger partial charge in [-0.3, -0.25) is 14.4 Å². The lowest BCUT2D eigenvalue weighted by Crippen LogP contribution is -2.43. The smallest absolute Gasteiger partial charge is 0.387 e. The van der Waals surface area contributed by atoms with Crippen LogP contribution in [0.2, 0.25) is 0 Å². The Morgan fingerprint density at radius 2 is 1.81 bits per heavy atom. The fourth-order valence-corrected chi connectivity index (χ4v) is 1.91. The summed E-state index contributed by atoms with van der Waals surface area (Å²) in [5.74, 6) is -2.23. The van der Waals surface area contributed by atoms with Gasteiger partial charge in [-0.2, -0.15) is 8.78 Å². The van der Waals surface area contributed by atoms with Crippen LogP contribution in [0.5, 0.6) is 11.5 Å². The molecule has 0 bridgehead atoms. The molecule has 0 heterocycles. The Morgan fingerprint density at radius 1 is 1.15 bits per heavy atom. The molecule has 0 saturated carbocycles. The number of carbonyl (C=O) groups is 3. The number of nitrogens with one attached hydrogen (secondary N) is 2. The second-order valence-corrected chi connectivity index (χ2v) is 6.39. The van der Waals surface area contributed by atoms with Gasteiger partial charge < -0.3 is 24.8 Å². The van der Waals surface area contributed by atoms with Gasteiger partial charge in [-0.15, -0.1) is 0 Å². The van der Waals surface area contributed by atoms with E-state index in [4.69, 9.17) is 9.47 Å². The molecule has 27 heavy (non-hydrogen) atoms. The number of hydrogen-bond donors (Lipinski definition) is 2. The number of alkyl halides is 2. The molecule has 0 aromatic heterocycles. The second kappa shape index (κ2) is 9.70. The minimum absolute atomic E-state index is 0.0618. The van der Waals surface area contributed by atoms with Crippen LogP contribution in [0.1, 0.15) is 31.1 Å². The molecule has 8 nitrogen and oxygen atoms in total. The fourth-order valence-electron chi connectivity index (χ4n) is 1.91. The first-order valence-corrected chi connectivity index (χ1v) is 7.89. The van der Waals surface area contributed by atoms with E-state index in [1.807, 2.05) is 0 Å². The van der Waals surface area contributed by atoms with E-state index in [9.17, 15) is 23.2 Å². The number of halogens is 2. The number of amides is 2. The van der Waals surface area contributed by atoms with Gasteiger partial charge in [-0.05, 0) is 39.0 Å². The molecule has 1 aromatic carbocycles. The van der Waals surface area contributed by atoms with Gasteiger partial charge in [0.2, 0.25) is 0 Å². The molecule has 0 atom stereocenters. The van der Waals surface area contributed by atoms with E-state index in [1.165, 1.54) is 19.2 Å². The molecular formula is C17H22F2N2O6. The van der Waals surface area contributed by atoms with Crippen molar-refractivity contribution in [3.05, 3.63) is 23.8 Å². The maximum atomic E-state index is 12.3. The molecule has 0 saturated heterocycles. The van der Waals surface area contributed by atoms with Gasteiger partial charge in [0, 0.05) is 11.1 Å². The number of benzene rings is 1. The largest absolute Gasteiger partial charge is 0.493 e. The molecule has 1 rings (SSSR count). The van der Waals surface area contributed by atoms with Crippen LogP contribution < -0.4 is 20.1 Å². The highest BCUT2D eigenvalue weighted by Crippen LogP contribution is 2.29. The van der Waals surface area contributed by atoms with E-state index in [-0.39, 0.29) is 17.1 Å². The molecule has 150 valence electrons. The summed E-state index contributed by atoms with van der Waals surface area (Å²) in [5, 5.41) is 4.91. The predicted octanol–water partition coefficient (Wildman–Crippen LogP) is 1.48. The van der Waals surface area contributed by atoms with E-state index in [0.29, 0.717) is 0 Å². The normalized spacial score (nSPS) is 10.9. The first-order valence-electron chi connectivity index (χ1n) is 7.89. The van der Waals surface area contributed by atoms with Crippen molar-refractivity contribution in [3.8, 4) is 11.5 Å². The van der Waals surface area contributed by atoms with Crippen molar-refractivity contribution in [3.63, 3.8) is 0 Å². The first-order chi connectivity index (χ1) is 12.5. The Hall–Kier alpha value is -2.91. The third-order valence-electron chi connectivity index (χ3n) is 2.91. The summed E-state index contributed by atoms with van der Waals surface area (Å²) in [7, 11) is 1.23. The molecule has 0 aliphatic carbocycles. The summed E-state index contributed by atoms with van der Waals surface area (Å²) >= 11 is 0. The van der Waals surface area contributed by atoms with Gasteiger partial charge in [-0.25, -0.2) is 0 Å². The zero-order valence-corrected chi connectivity index (χ0v) is 15.4. The number of methoxy groups -OCH3 is 1. The molecule has 0 aliphatic heterocycles. The summed E-state index contributed by atoms with van der Waals surface area (Å²) in [6.45, 7) is 1.35. The van der Waals surface area contributed by atoms with Crippen molar-refractivity contribution in [2.45, 2.75) is 32.9 Å².